The van der Waals surface area contributed by atoms with E-state index in [4.69, 9.17) is 0 Å². The number of anilines is 1. The molecule has 23 heavy (non-hydrogen) atoms. The average Bonchev–Trinajstić information content (AvgIpc) is 3.29. The summed E-state index contributed by atoms with van der Waals surface area (Å²) in [6, 6.07) is 5.82. The van der Waals surface area contributed by atoms with Crippen molar-refractivity contribution in [1.29, 1.82) is 0 Å². The standard InChI is InChI=1S/C16H14FN3O3/c17-9-3-5-10(6-4-9)20-15-13(14(19-20)8-1-2-8)11(16(22)23)7-12(21)18-15/h3-8,15,19H,1-2H2,(H,18,21)(H,22,23). The zero-order chi connectivity index (χ0) is 16.1. The van der Waals surface area contributed by atoms with Crippen molar-refractivity contribution >= 4 is 17.6 Å². The van der Waals surface area contributed by atoms with Crippen molar-refractivity contribution in [3.05, 3.63) is 53.0 Å². The number of amides is 1. The van der Waals surface area contributed by atoms with Crippen molar-refractivity contribution in [3.8, 4) is 0 Å². The van der Waals surface area contributed by atoms with Crippen LogP contribution in [0.5, 0.6) is 0 Å². The summed E-state index contributed by atoms with van der Waals surface area (Å²) in [7, 11) is 0. The first-order valence-corrected chi connectivity index (χ1v) is 7.36. The van der Waals surface area contributed by atoms with Crippen LogP contribution in [0.2, 0.25) is 0 Å². The van der Waals surface area contributed by atoms with E-state index in [1.54, 1.807) is 17.1 Å². The molecule has 1 unspecified atom stereocenters. The largest absolute Gasteiger partial charge is 0.478 e. The van der Waals surface area contributed by atoms with Gasteiger partial charge in [0.1, 0.15) is 12.0 Å². The number of carboxylic acids is 1. The topological polar surface area (TPSA) is 81.7 Å². The quantitative estimate of drug-likeness (QED) is 0.783. The third-order valence-electron chi connectivity index (χ3n) is 4.23. The van der Waals surface area contributed by atoms with Crippen LogP contribution < -0.4 is 15.8 Å². The van der Waals surface area contributed by atoms with Gasteiger partial charge in [-0.1, -0.05) is 0 Å². The molecule has 0 spiro atoms. The highest BCUT2D eigenvalue weighted by atomic mass is 19.1. The molecule has 0 bridgehead atoms. The van der Waals surface area contributed by atoms with Crippen LogP contribution in [-0.4, -0.2) is 23.1 Å². The van der Waals surface area contributed by atoms with Crippen molar-refractivity contribution in [1.82, 2.24) is 10.7 Å². The molecule has 1 fully saturated rings. The highest BCUT2D eigenvalue weighted by Crippen LogP contribution is 2.43. The van der Waals surface area contributed by atoms with Gasteiger partial charge in [0.25, 0.3) is 0 Å². The Morgan fingerprint density at radius 3 is 2.57 bits per heavy atom. The zero-order valence-corrected chi connectivity index (χ0v) is 12.0. The van der Waals surface area contributed by atoms with E-state index >= 15 is 0 Å². The average molecular weight is 315 g/mol. The lowest BCUT2D eigenvalue weighted by atomic mass is 9.96. The zero-order valence-electron chi connectivity index (χ0n) is 12.0. The maximum absolute atomic E-state index is 13.1. The lowest BCUT2D eigenvalue weighted by molar-refractivity contribution is -0.133. The van der Waals surface area contributed by atoms with E-state index in [0.29, 0.717) is 11.3 Å². The van der Waals surface area contributed by atoms with Gasteiger partial charge in [-0.2, -0.15) is 0 Å². The minimum atomic E-state index is -1.12. The maximum atomic E-state index is 13.1. The fourth-order valence-electron chi connectivity index (χ4n) is 3.02. The van der Waals surface area contributed by atoms with Crippen LogP contribution in [0.1, 0.15) is 12.8 Å². The van der Waals surface area contributed by atoms with Crippen molar-refractivity contribution in [2.75, 3.05) is 5.01 Å². The van der Waals surface area contributed by atoms with Gasteiger partial charge in [-0.25, -0.2) is 9.18 Å². The van der Waals surface area contributed by atoms with E-state index in [0.717, 1.165) is 24.6 Å². The summed E-state index contributed by atoms with van der Waals surface area (Å²) in [6.07, 6.45) is 2.47. The maximum Gasteiger partial charge on any atom is 0.336 e. The molecule has 2 heterocycles. The first kappa shape index (κ1) is 13.8. The molecule has 1 amide bonds. The number of rotatable bonds is 3. The summed E-state index contributed by atoms with van der Waals surface area (Å²) in [6.45, 7) is 0. The second kappa shape index (κ2) is 4.84. The summed E-state index contributed by atoms with van der Waals surface area (Å²) < 4.78 is 13.1. The smallest absolute Gasteiger partial charge is 0.336 e. The van der Waals surface area contributed by atoms with Crippen molar-refractivity contribution in [3.63, 3.8) is 0 Å². The molecule has 3 aliphatic rings. The highest BCUT2D eigenvalue weighted by molar-refractivity contribution is 6.04. The second-order valence-corrected chi connectivity index (χ2v) is 5.83. The van der Waals surface area contributed by atoms with Crippen LogP contribution in [0.4, 0.5) is 10.1 Å². The summed E-state index contributed by atoms with van der Waals surface area (Å²) >= 11 is 0. The summed E-state index contributed by atoms with van der Waals surface area (Å²) in [5.74, 6) is -1.67. The molecule has 0 saturated heterocycles. The molecule has 1 aliphatic carbocycles. The minimum Gasteiger partial charge on any atom is -0.478 e. The van der Waals surface area contributed by atoms with Gasteiger partial charge in [0, 0.05) is 23.3 Å². The third-order valence-corrected chi connectivity index (χ3v) is 4.23. The number of hydrogen-bond donors (Lipinski definition) is 3. The molecule has 1 aromatic rings. The lowest BCUT2D eigenvalue weighted by Crippen LogP contribution is -2.52. The number of aliphatic carboxylic acids is 1. The molecule has 1 atom stereocenters. The Morgan fingerprint density at radius 2 is 1.96 bits per heavy atom. The normalized spacial score (nSPS) is 23.2. The van der Waals surface area contributed by atoms with Crippen molar-refractivity contribution in [2.45, 2.75) is 19.0 Å². The fraction of sp³-hybridized carbons (Fsp3) is 0.250. The monoisotopic (exact) mass is 315 g/mol. The van der Waals surface area contributed by atoms with E-state index in [9.17, 15) is 19.1 Å². The number of carbonyl (C=O) groups is 2. The van der Waals surface area contributed by atoms with Gasteiger partial charge in [-0.15, -0.1) is 0 Å². The van der Waals surface area contributed by atoms with Gasteiger partial charge in [0.2, 0.25) is 5.91 Å². The van der Waals surface area contributed by atoms with Gasteiger partial charge in [0.05, 0.1) is 11.3 Å². The highest BCUT2D eigenvalue weighted by Gasteiger charge is 2.44. The number of hydrogen-bond acceptors (Lipinski definition) is 4. The molecule has 6 nitrogen and oxygen atoms in total. The van der Waals surface area contributed by atoms with Crippen molar-refractivity contribution < 1.29 is 19.1 Å². The molecule has 2 aliphatic heterocycles. The Bertz CT molecular complexity index is 765. The predicted octanol–water partition coefficient (Wildman–Crippen LogP) is 1.28. The molecule has 0 radical (unpaired) electrons. The number of hydrazine groups is 1. The number of carbonyl (C=O) groups excluding carboxylic acids is 1. The molecule has 0 aromatic heterocycles. The summed E-state index contributed by atoms with van der Waals surface area (Å²) in [5.41, 5.74) is 5.28. The number of nitrogens with zero attached hydrogens (tertiary/aromatic N) is 1. The molecule has 118 valence electrons. The Morgan fingerprint density at radius 1 is 1.26 bits per heavy atom. The summed E-state index contributed by atoms with van der Waals surface area (Å²) in [4.78, 5) is 23.4. The third kappa shape index (κ3) is 2.25. The molecule has 1 aromatic carbocycles. The van der Waals surface area contributed by atoms with Gasteiger partial charge in [0.15, 0.2) is 0 Å². The molecule has 4 rings (SSSR count). The van der Waals surface area contributed by atoms with E-state index in [2.05, 4.69) is 10.7 Å². The van der Waals surface area contributed by atoms with Gasteiger partial charge < -0.3 is 10.4 Å². The molecule has 7 heteroatoms. The van der Waals surface area contributed by atoms with E-state index in [-0.39, 0.29) is 17.3 Å². The van der Waals surface area contributed by atoms with E-state index in [1.807, 2.05) is 0 Å². The number of halogens is 1. The first-order chi connectivity index (χ1) is 11.0. The number of fused-ring (bicyclic) bond motifs is 1. The Kier molecular flexibility index (Phi) is 2.90. The van der Waals surface area contributed by atoms with E-state index < -0.39 is 18.0 Å². The Labute approximate surface area is 131 Å². The van der Waals surface area contributed by atoms with Crippen LogP contribution in [0.15, 0.2) is 47.2 Å². The van der Waals surface area contributed by atoms with Gasteiger partial charge in [-0.05, 0) is 37.1 Å². The molecular weight excluding hydrogens is 301 g/mol. The van der Waals surface area contributed by atoms with Crippen LogP contribution in [0.3, 0.4) is 0 Å². The fourth-order valence-corrected chi connectivity index (χ4v) is 3.02. The number of benzene rings is 1. The molecular formula is C16H14FN3O3. The second-order valence-electron chi connectivity index (χ2n) is 5.83. The van der Waals surface area contributed by atoms with Gasteiger partial charge >= 0.3 is 5.97 Å². The SMILES string of the molecule is O=C1C=C(C(=O)O)C2=C(C3CC3)NN(c3ccc(F)cc3)C2N1. The van der Waals surface area contributed by atoms with Crippen LogP contribution in [0.25, 0.3) is 0 Å². The molecule has 1 saturated carbocycles. The lowest BCUT2D eigenvalue weighted by Gasteiger charge is -2.30. The van der Waals surface area contributed by atoms with Crippen LogP contribution in [-0.2, 0) is 9.59 Å². The first-order valence-electron chi connectivity index (χ1n) is 7.36. The Hall–Kier alpha value is -2.83. The summed E-state index contributed by atoms with van der Waals surface area (Å²) in [5, 5.41) is 13.9. The van der Waals surface area contributed by atoms with Crippen LogP contribution in [0, 0.1) is 11.7 Å². The predicted molar refractivity (Wildman–Crippen MR) is 79.4 cm³/mol. The van der Waals surface area contributed by atoms with E-state index in [1.165, 1.54) is 12.1 Å². The Balaban J connectivity index is 1.78. The number of carboxylic acid groups (broad SMARTS) is 1. The van der Waals surface area contributed by atoms with Crippen LogP contribution >= 0.6 is 0 Å². The number of nitrogens with one attached hydrogen (secondary N) is 2. The number of allylic oxidation sites excluding steroid dienone is 1. The minimum absolute atomic E-state index is 0.0118. The van der Waals surface area contributed by atoms with Crippen molar-refractivity contribution in [2.24, 2.45) is 5.92 Å². The van der Waals surface area contributed by atoms with Gasteiger partial charge in [-0.3, -0.25) is 15.2 Å². The molecule has 3 N–H and O–H groups in total.